The molecule has 0 amide bonds. The standard InChI is InChI=1S/C29H29NO4/c1-19(2)17-30-27(29(32)33-4)26(22-12-10-20(3)11-13-22)25-16-23(14-15-24(25)28(30)31)34-18-21-8-6-5-7-9-21/h5-16,19H,17-18H2,1-4H3. The molecule has 0 bridgehead atoms. The van der Waals surface area contributed by atoms with Gasteiger partial charge in [0, 0.05) is 22.9 Å². The molecule has 3 aromatic carbocycles. The van der Waals surface area contributed by atoms with Gasteiger partial charge in [0.15, 0.2) is 0 Å². The van der Waals surface area contributed by atoms with Crippen LogP contribution in [-0.2, 0) is 17.9 Å². The number of rotatable bonds is 7. The third-order valence-corrected chi connectivity index (χ3v) is 5.76. The van der Waals surface area contributed by atoms with E-state index < -0.39 is 5.97 Å². The van der Waals surface area contributed by atoms with Gasteiger partial charge < -0.3 is 14.0 Å². The minimum atomic E-state index is -0.536. The minimum Gasteiger partial charge on any atom is -0.489 e. The molecule has 0 N–H and O–H groups in total. The van der Waals surface area contributed by atoms with E-state index in [-0.39, 0.29) is 17.2 Å². The number of carbonyl (C=O) groups is 1. The molecule has 0 radical (unpaired) electrons. The Hall–Kier alpha value is -3.86. The molecule has 4 aromatic rings. The van der Waals surface area contributed by atoms with Crippen molar-refractivity contribution in [2.45, 2.75) is 33.9 Å². The van der Waals surface area contributed by atoms with Crippen LogP contribution in [-0.4, -0.2) is 17.6 Å². The first kappa shape index (κ1) is 23.3. The Labute approximate surface area is 199 Å². The Bertz CT molecular complexity index is 1370. The quantitative estimate of drug-likeness (QED) is 0.321. The van der Waals surface area contributed by atoms with Gasteiger partial charge in [0.1, 0.15) is 18.1 Å². The van der Waals surface area contributed by atoms with Crippen molar-refractivity contribution in [2.75, 3.05) is 7.11 Å². The Kier molecular flexibility index (Phi) is 6.82. The van der Waals surface area contributed by atoms with E-state index in [0.717, 1.165) is 16.7 Å². The summed E-state index contributed by atoms with van der Waals surface area (Å²) in [6.45, 7) is 6.86. The third-order valence-electron chi connectivity index (χ3n) is 5.76. The maximum absolute atomic E-state index is 13.5. The molecule has 34 heavy (non-hydrogen) atoms. The topological polar surface area (TPSA) is 57.5 Å². The van der Waals surface area contributed by atoms with Gasteiger partial charge in [-0.1, -0.05) is 74.0 Å². The van der Waals surface area contributed by atoms with Crippen molar-refractivity contribution in [1.29, 1.82) is 0 Å². The van der Waals surface area contributed by atoms with Gasteiger partial charge in [0.2, 0.25) is 0 Å². The maximum atomic E-state index is 13.5. The normalized spacial score (nSPS) is 11.1. The lowest BCUT2D eigenvalue weighted by Crippen LogP contribution is -2.29. The summed E-state index contributed by atoms with van der Waals surface area (Å²) >= 11 is 0. The molecule has 0 saturated heterocycles. The number of aromatic nitrogens is 1. The van der Waals surface area contributed by atoms with Crippen LogP contribution in [0.2, 0.25) is 0 Å². The minimum absolute atomic E-state index is 0.165. The van der Waals surface area contributed by atoms with E-state index in [0.29, 0.717) is 35.2 Å². The van der Waals surface area contributed by atoms with Gasteiger partial charge in [-0.25, -0.2) is 4.79 Å². The molecule has 5 nitrogen and oxygen atoms in total. The summed E-state index contributed by atoms with van der Waals surface area (Å²) in [7, 11) is 1.34. The van der Waals surface area contributed by atoms with Crippen LogP contribution in [0.5, 0.6) is 5.75 Å². The average Bonchev–Trinajstić information content (AvgIpc) is 2.84. The monoisotopic (exact) mass is 455 g/mol. The Balaban J connectivity index is 1.97. The van der Waals surface area contributed by atoms with Crippen LogP contribution in [0.1, 0.15) is 35.5 Å². The molecule has 0 spiro atoms. The van der Waals surface area contributed by atoms with Gasteiger partial charge in [0.25, 0.3) is 5.56 Å². The fraction of sp³-hybridized carbons (Fsp3) is 0.241. The largest absolute Gasteiger partial charge is 0.489 e. The molecule has 1 heterocycles. The molecular formula is C29H29NO4. The zero-order chi connectivity index (χ0) is 24.2. The predicted octanol–water partition coefficient (Wildman–Crippen LogP) is 6.00. The Morgan fingerprint density at radius 2 is 1.65 bits per heavy atom. The molecule has 174 valence electrons. The molecule has 5 heteroatoms. The van der Waals surface area contributed by atoms with Gasteiger partial charge in [-0.15, -0.1) is 0 Å². The summed E-state index contributed by atoms with van der Waals surface area (Å²) in [6, 6.07) is 23.3. The van der Waals surface area contributed by atoms with Crippen LogP contribution in [0.4, 0.5) is 0 Å². The summed E-state index contributed by atoms with van der Waals surface area (Å²) in [5.74, 6) is 0.255. The van der Waals surface area contributed by atoms with E-state index in [1.165, 1.54) is 7.11 Å². The molecule has 4 rings (SSSR count). The molecule has 0 aliphatic carbocycles. The number of hydrogen-bond donors (Lipinski definition) is 0. The van der Waals surface area contributed by atoms with E-state index >= 15 is 0 Å². The van der Waals surface area contributed by atoms with Crippen LogP contribution in [0.15, 0.2) is 77.6 Å². The van der Waals surface area contributed by atoms with Crippen LogP contribution in [0.3, 0.4) is 0 Å². The van der Waals surface area contributed by atoms with Gasteiger partial charge in [-0.2, -0.15) is 0 Å². The molecular weight excluding hydrogens is 426 g/mol. The zero-order valence-corrected chi connectivity index (χ0v) is 20.0. The Morgan fingerprint density at radius 3 is 2.29 bits per heavy atom. The van der Waals surface area contributed by atoms with Crippen molar-refractivity contribution in [3.05, 3.63) is 100.0 Å². The summed E-state index contributed by atoms with van der Waals surface area (Å²) in [6.07, 6.45) is 0. The molecule has 0 atom stereocenters. The van der Waals surface area contributed by atoms with E-state index in [2.05, 4.69) is 0 Å². The number of aryl methyl sites for hydroxylation is 1. The number of ether oxygens (including phenoxy) is 2. The molecule has 0 aliphatic heterocycles. The van der Waals surface area contributed by atoms with E-state index in [9.17, 15) is 9.59 Å². The van der Waals surface area contributed by atoms with Crippen LogP contribution >= 0.6 is 0 Å². The van der Waals surface area contributed by atoms with E-state index in [1.54, 1.807) is 10.6 Å². The molecule has 0 saturated carbocycles. The number of hydrogen-bond acceptors (Lipinski definition) is 4. The lowest BCUT2D eigenvalue weighted by molar-refractivity contribution is 0.0587. The second-order valence-corrected chi connectivity index (χ2v) is 8.87. The average molecular weight is 456 g/mol. The first-order valence-electron chi connectivity index (χ1n) is 11.4. The number of carbonyl (C=O) groups excluding carboxylic acids is 1. The number of esters is 1. The van der Waals surface area contributed by atoms with Crippen LogP contribution in [0, 0.1) is 12.8 Å². The lowest BCUT2D eigenvalue weighted by atomic mass is 9.95. The highest BCUT2D eigenvalue weighted by Crippen LogP contribution is 2.34. The number of methoxy groups -OCH3 is 1. The van der Waals surface area contributed by atoms with E-state index in [4.69, 9.17) is 9.47 Å². The summed E-state index contributed by atoms with van der Waals surface area (Å²) in [5, 5.41) is 1.20. The molecule has 0 unspecified atom stereocenters. The summed E-state index contributed by atoms with van der Waals surface area (Å²) in [4.78, 5) is 26.6. The van der Waals surface area contributed by atoms with Crippen molar-refractivity contribution in [2.24, 2.45) is 5.92 Å². The van der Waals surface area contributed by atoms with Gasteiger partial charge >= 0.3 is 5.97 Å². The van der Waals surface area contributed by atoms with Crippen molar-refractivity contribution >= 4 is 16.7 Å². The first-order valence-corrected chi connectivity index (χ1v) is 11.4. The maximum Gasteiger partial charge on any atom is 0.355 e. The van der Waals surface area contributed by atoms with Crippen LogP contribution < -0.4 is 10.3 Å². The summed E-state index contributed by atoms with van der Waals surface area (Å²) < 4.78 is 12.8. The smallest absolute Gasteiger partial charge is 0.355 e. The fourth-order valence-electron chi connectivity index (χ4n) is 4.12. The third kappa shape index (κ3) is 4.74. The second-order valence-electron chi connectivity index (χ2n) is 8.87. The van der Waals surface area contributed by atoms with Crippen molar-refractivity contribution < 1.29 is 14.3 Å². The Morgan fingerprint density at radius 1 is 0.941 bits per heavy atom. The predicted molar refractivity (Wildman–Crippen MR) is 135 cm³/mol. The number of nitrogens with zero attached hydrogens (tertiary/aromatic N) is 1. The van der Waals surface area contributed by atoms with Gasteiger partial charge in [-0.05, 0) is 42.2 Å². The fourth-order valence-corrected chi connectivity index (χ4v) is 4.12. The second kappa shape index (κ2) is 9.96. The SMILES string of the molecule is COC(=O)c1c(-c2ccc(C)cc2)c2cc(OCc3ccccc3)ccc2c(=O)n1CC(C)C. The highest BCUT2D eigenvalue weighted by atomic mass is 16.5. The van der Waals surface area contributed by atoms with E-state index in [1.807, 2.05) is 87.5 Å². The number of pyridine rings is 1. The zero-order valence-electron chi connectivity index (χ0n) is 20.0. The number of fused-ring (bicyclic) bond motifs is 1. The van der Waals surface area contributed by atoms with Crippen molar-refractivity contribution in [3.8, 4) is 16.9 Å². The van der Waals surface area contributed by atoms with Crippen LogP contribution in [0.25, 0.3) is 21.9 Å². The molecule has 1 aromatic heterocycles. The van der Waals surface area contributed by atoms with Crippen molar-refractivity contribution in [3.63, 3.8) is 0 Å². The molecule has 0 aliphatic rings. The number of benzene rings is 3. The van der Waals surface area contributed by atoms with Crippen molar-refractivity contribution in [1.82, 2.24) is 4.57 Å². The first-order chi connectivity index (χ1) is 16.4. The highest BCUT2D eigenvalue weighted by molar-refractivity contribution is 6.07. The van der Waals surface area contributed by atoms with Gasteiger partial charge in [-0.3, -0.25) is 4.79 Å². The van der Waals surface area contributed by atoms with Gasteiger partial charge in [0.05, 0.1) is 7.11 Å². The molecule has 0 fully saturated rings. The summed E-state index contributed by atoms with van der Waals surface area (Å²) in [5.41, 5.74) is 3.72. The highest BCUT2D eigenvalue weighted by Gasteiger charge is 2.24. The lowest BCUT2D eigenvalue weighted by Gasteiger charge is -2.20.